The maximum Gasteiger partial charge on any atom is 0.267 e. The summed E-state index contributed by atoms with van der Waals surface area (Å²) in [5, 5.41) is 0. The van der Waals surface area contributed by atoms with Crippen molar-refractivity contribution in [1.82, 2.24) is 0 Å². The fourth-order valence-electron chi connectivity index (χ4n) is 1.71. The summed E-state index contributed by atoms with van der Waals surface area (Å²) in [6.07, 6.45) is 1.46. The van der Waals surface area contributed by atoms with Crippen LogP contribution in [-0.4, -0.2) is 8.42 Å². The van der Waals surface area contributed by atoms with Crippen LogP contribution in [0.3, 0.4) is 0 Å². The molecule has 0 aliphatic heterocycles. The van der Waals surface area contributed by atoms with Crippen LogP contribution in [0.4, 0.5) is 27.6 Å². The molecule has 1 N–H and O–H groups in total. The Hall–Kier alpha value is -2.42. The zero-order valence-electron chi connectivity index (χ0n) is 11.2. The largest absolute Gasteiger partial charge is 0.279 e. The number of halogens is 5. The van der Waals surface area contributed by atoms with E-state index in [-0.39, 0.29) is 5.69 Å². The predicted octanol–water partition coefficient (Wildman–Crippen LogP) is 3.83. The molecule has 0 aliphatic rings. The highest BCUT2D eigenvalue weighted by molar-refractivity contribution is 7.92. The summed E-state index contributed by atoms with van der Waals surface area (Å²) in [4.78, 5) is -1.94. The summed E-state index contributed by atoms with van der Waals surface area (Å²) in [6.45, 7) is 3.48. The molecule has 0 heterocycles. The molecule has 0 atom stereocenters. The molecule has 0 amide bonds. The van der Waals surface area contributed by atoms with Gasteiger partial charge in [0.1, 0.15) is 0 Å². The van der Waals surface area contributed by atoms with Gasteiger partial charge < -0.3 is 0 Å². The van der Waals surface area contributed by atoms with Crippen LogP contribution in [0.15, 0.2) is 35.7 Å². The molecule has 9 heteroatoms. The smallest absolute Gasteiger partial charge is 0.267 e. The summed E-state index contributed by atoms with van der Waals surface area (Å²) >= 11 is 0. The molecule has 2 rings (SSSR count). The van der Waals surface area contributed by atoms with Crippen molar-refractivity contribution in [2.24, 2.45) is 0 Å². The molecule has 0 saturated heterocycles. The lowest BCUT2D eigenvalue weighted by Gasteiger charge is -2.11. The standard InChI is InChI=1S/C14H8F5NO2S/c1-2-7-3-5-8(6-4-7)20-23(21,22)14-12(18)10(16)9(15)11(17)13(14)19/h2-6,20H,1H2. The third-order valence-electron chi connectivity index (χ3n) is 2.84. The first-order chi connectivity index (χ1) is 10.7. The highest BCUT2D eigenvalue weighted by atomic mass is 32.2. The average molecular weight is 349 g/mol. The van der Waals surface area contributed by atoms with Crippen molar-refractivity contribution < 1.29 is 30.4 Å². The highest BCUT2D eigenvalue weighted by Gasteiger charge is 2.33. The summed E-state index contributed by atoms with van der Waals surface area (Å²) in [5.41, 5.74) is 0.503. The van der Waals surface area contributed by atoms with Crippen LogP contribution in [0.5, 0.6) is 0 Å². The Morgan fingerprint density at radius 2 is 1.26 bits per heavy atom. The van der Waals surface area contributed by atoms with E-state index < -0.39 is 44.0 Å². The lowest BCUT2D eigenvalue weighted by molar-refractivity contribution is 0.358. The molecule has 2 aromatic carbocycles. The maximum atomic E-state index is 13.6. The number of rotatable bonds is 4. The van der Waals surface area contributed by atoms with Crippen LogP contribution in [0.2, 0.25) is 0 Å². The minimum atomic E-state index is -5.03. The number of nitrogens with one attached hydrogen (secondary N) is 1. The van der Waals surface area contributed by atoms with Crippen molar-refractivity contribution in [3.63, 3.8) is 0 Å². The van der Waals surface area contributed by atoms with Crippen LogP contribution in [-0.2, 0) is 10.0 Å². The third kappa shape index (κ3) is 3.04. The van der Waals surface area contributed by atoms with Crippen molar-refractivity contribution in [1.29, 1.82) is 0 Å². The molecule has 0 bridgehead atoms. The van der Waals surface area contributed by atoms with Crippen molar-refractivity contribution in [2.45, 2.75) is 4.90 Å². The summed E-state index contributed by atoms with van der Waals surface area (Å²) in [7, 11) is -5.03. The molecule has 2 aromatic rings. The van der Waals surface area contributed by atoms with Gasteiger partial charge in [-0.3, -0.25) is 4.72 Å². The lowest BCUT2D eigenvalue weighted by atomic mass is 10.2. The van der Waals surface area contributed by atoms with Gasteiger partial charge in [0.25, 0.3) is 10.0 Å². The van der Waals surface area contributed by atoms with Crippen molar-refractivity contribution in [3.05, 3.63) is 65.5 Å². The Balaban J connectivity index is 2.53. The first-order valence-corrected chi connectivity index (χ1v) is 7.44. The van der Waals surface area contributed by atoms with Crippen LogP contribution >= 0.6 is 0 Å². The predicted molar refractivity (Wildman–Crippen MR) is 73.6 cm³/mol. The number of sulfonamides is 1. The number of hydrogen-bond donors (Lipinski definition) is 1. The molecule has 0 aliphatic carbocycles. The van der Waals surface area contributed by atoms with Crippen LogP contribution in [0.1, 0.15) is 5.56 Å². The van der Waals surface area contributed by atoms with Gasteiger partial charge in [0, 0.05) is 5.69 Å². The second-order valence-electron chi connectivity index (χ2n) is 4.33. The molecule has 23 heavy (non-hydrogen) atoms. The topological polar surface area (TPSA) is 46.2 Å². The second-order valence-corrected chi connectivity index (χ2v) is 5.95. The van der Waals surface area contributed by atoms with Crippen molar-refractivity contribution >= 4 is 21.8 Å². The molecule has 0 fully saturated rings. The molecule has 0 saturated carbocycles. The van der Waals surface area contributed by atoms with Crippen LogP contribution < -0.4 is 4.72 Å². The Morgan fingerprint density at radius 3 is 1.70 bits per heavy atom. The Labute approximate surface area is 128 Å². The normalized spacial score (nSPS) is 11.3. The fraction of sp³-hybridized carbons (Fsp3) is 0. The minimum absolute atomic E-state index is 0.125. The summed E-state index contributed by atoms with van der Waals surface area (Å²) < 4.78 is 91.9. The Kier molecular flexibility index (Phi) is 4.42. The maximum absolute atomic E-state index is 13.6. The van der Waals surface area contributed by atoms with E-state index in [1.54, 1.807) is 4.72 Å². The SMILES string of the molecule is C=Cc1ccc(NS(=O)(=O)c2c(F)c(F)c(F)c(F)c2F)cc1. The van der Waals surface area contributed by atoms with E-state index in [0.29, 0.717) is 5.56 Å². The van der Waals surface area contributed by atoms with Crippen molar-refractivity contribution in [3.8, 4) is 0 Å². The zero-order chi connectivity index (χ0) is 17.4. The van der Waals surface area contributed by atoms with Gasteiger partial charge in [0.15, 0.2) is 28.2 Å². The van der Waals surface area contributed by atoms with Crippen LogP contribution in [0, 0.1) is 29.1 Å². The number of hydrogen-bond acceptors (Lipinski definition) is 2. The summed E-state index contributed by atoms with van der Waals surface area (Å²) in [6, 6.07) is 5.34. The van der Waals surface area contributed by atoms with Gasteiger partial charge in [-0.25, -0.2) is 30.4 Å². The van der Waals surface area contributed by atoms with E-state index in [4.69, 9.17) is 0 Å². The molecular weight excluding hydrogens is 341 g/mol. The van der Waals surface area contributed by atoms with Gasteiger partial charge in [-0.05, 0) is 17.7 Å². The van der Waals surface area contributed by atoms with Gasteiger partial charge in [0.2, 0.25) is 5.82 Å². The lowest BCUT2D eigenvalue weighted by Crippen LogP contribution is -2.19. The fourth-order valence-corrected chi connectivity index (χ4v) is 2.91. The molecule has 122 valence electrons. The third-order valence-corrected chi connectivity index (χ3v) is 4.24. The van der Waals surface area contributed by atoms with Gasteiger partial charge in [0.05, 0.1) is 0 Å². The minimum Gasteiger partial charge on any atom is -0.279 e. The summed E-state index contributed by atoms with van der Waals surface area (Å²) in [5.74, 6) is -12.0. The van der Waals surface area contributed by atoms with E-state index in [2.05, 4.69) is 6.58 Å². The quantitative estimate of drug-likeness (QED) is 0.518. The molecule has 0 unspecified atom stereocenters. The van der Waals surface area contributed by atoms with E-state index in [0.717, 1.165) is 0 Å². The van der Waals surface area contributed by atoms with E-state index in [9.17, 15) is 30.4 Å². The van der Waals surface area contributed by atoms with Crippen LogP contribution in [0.25, 0.3) is 6.08 Å². The number of anilines is 1. The van der Waals surface area contributed by atoms with Gasteiger partial charge in [-0.2, -0.15) is 0 Å². The highest BCUT2D eigenvalue weighted by Crippen LogP contribution is 2.28. The Bertz CT molecular complexity index is 850. The molecular formula is C14H8F5NO2S. The first kappa shape index (κ1) is 16.9. The van der Waals surface area contributed by atoms with E-state index >= 15 is 0 Å². The number of benzene rings is 2. The first-order valence-electron chi connectivity index (χ1n) is 5.95. The van der Waals surface area contributed by atoms with Crippen molar-refractivity contribution in [2.75, 3.05) is 4.72 Å². The van der Waals surface area contributed by atoms with Gasteiger partial charge >= 0.3 is 0 Å². The molecule has 3 nitrogen and oxygen atoms in total. The monoisotopic (exact) mass is 349 g/mol. The van der Waals surface area contributed by atoms with E-state index in [1.165, 1.54) is 30.3 Å². The second kappa shape index (κ2) is 5.99. The van der Waals surface area contributed by atoms with Gasteiger partial charge in [-0.1, -0.05) is 24.8 Å². The van der Waals surface area contributed by atoms with E-state index in [1.807, 2.05) is 0 Å². The van der Waals surface area contributed by atoms with Gasteiger partial charge in [-0.15, -0.1) is 0 Å². The molecule has 0 aromatic heterocycles. The Morgan fingerprint density at radius 1 is 0.826 bits per heavy atom. The zero-order valence-corrected chi connectivity index (χ0v) is 12.0. The average Bonchev–Trinajstić information content (AvgIpc) is 2.51. The molecule has 0 spiro atoms. The molecule has 0 radical (unpaired) electrons.